The second-order valence-corrected chi connectivity index (χ2v) is 7.76. The Hall–Kier alpha value is -1.46. The fourth-order valence-corrected chi connectivity index (χ4v) is 3.73. The van der Waals surface area contributed by atoms with Gasteiger partial charge in [-0.05, 0) is 24.1 Å². The number of aliphatic carboxylic acids is 1. The van der Waals surface area contributed by atoms with E-state index in [0.29, 0.717) is 13.0 Å². The molecule has 4 nitrogen and oxygen atoms in total. The van der Waals surface area contributed by atoms with Crippen LogP contribution in [0.4, 0.5) is 0 Å². The molecule has 1 aliphatic heterocycles. The van der Waals surface area contributed by atoms with Crippen LogP contribution in [0.15, 0.2) is 18.2 Å². The summed E-state index contributed by atoms with van der Waals surface area (Å²) in [7, 11) is 0. The molecule has 0 aliphatic carbocycles. The van der Waals surface area contributed by atoms with Crippen LogP contribution in [0.2, 0.25) is 0 Å². The highest BCUT2D eigenvalue weighted by Crippen LogP contribution is 2.34. The molecule has 0 amide bonds. The lowest BCUT2D eigenvalue weighted by atomic mass is 9.98. The molecule has 2 atom stereocenters. The Morgan fingerprint density at radius 2 is 2.19 bits per heavy atom. The Morgan fingerprint density at radius 3 is 2.81 bits per heavy atom. The fraction of sp³-hybridized carbons (Fsp3) is 0.500. The Balaban J connectivity index is 1.90. The highest BCUT2D eigenvalue weighted by Gasteiger charge is 2.30. The zero-order valence-electron chi connectivity index (χ0n) is 12.5. The van der Waals surface area contributed by atoms with Crippen LogP contribution >= 0.6 is 11.3 Å². The lowest BCUT2D eigenvalue weighted by Crippen LogP contribution is -2.17. The standard InChI is InChI=1S/C16H20N2O2S/c1-16(2,3)15-18-11-5-4-9(7-13(11)21-15)12-6-10(8-17-12)14(19)20/h4-5,7,10,12,17H,6,8H2,1-3H3,(H,19,20). The average molecular weight is 304 g/mol. The van der Waals surface area contributed by atoms with Crippen LogP contribution in [0, 0.1) is 5.92 Å². The van der Waals surface area contributed by atoms with Crippen molar-refractivity contribution >= 4 is 27.5 Å². The van der Waals surface area contributed by atoms with Crippen molar-refractivity contribution in [1.82, 2.24) is 10.3 Å². The van der Waals surface area contributed by atoms with E-state index in [0.717, 1.165) is 16.1 Å². The monoisotopic (exact) mass is 304 g/mol. The number of carbonyl (C=O) groups is 1. The van der Waals surface area contributed by atoms with Crippen molar-refractivity contribution in [3.63, 3.8) is 0 Å². The number of hydrogen-bond acceptors (Lipinski definition) is 4. The summed E-state index contributed by atoms with van der Waals surface area (Å²) < 4.78 is 1.18. The minimum Gasteiger partial charge on any atom is -0.481 e. The number of thiazole rings is 1. The van der Waals surface area contributed by atoms with Gasteiger partial charge in [0.1, 0.15) is 0 Å². The average Bonchev–Trinajstić information content (AvgIpc) is 3.04. The smallest absolute Gasteiger partial charge is 0.307 e. The number of nitrogens with one attached hydrogen (secondary N) is 1. The molecule has 0 radical (unpaired) electrons. The topological polar surface area (TPSA) is 62.2 Å². The largest absolute Gasteiger partial charge is 0.481 e. The molecule has 2 N–H and O–H groups in total. The van der Waals surface area contributed by atoms with Crippen LogP contribution < -0.4 is 5.32 Å². The number of carboxylic acid groups (broad SMARTS) is 1. The van der Waals surface area contributed by atoms with Gasteiger partial charge < -0.3 is 10.4 Å². The van der Waals surface area contributed by atoms with Gasteiger partial charge in [0.05, 0.1) is 21.1 Å². The number of aromatic nitrogens is 1. The van der Waals surface area contributed by atoms with E-state index in [9.17, 15) is 4.79 Å². The molecular weight excluding hydrogens is 284 g/mol. The Morgan fingerprint density at radius 1 is 1.43 bits per heavy atom. The molecule has 5 heteroatoms. The number of fused-ring (bicyclic) bond motifs is 1. The third-order valence-corrected chi connectivity index (χ3v) is 5.38. The maximum Gasteiger partial charge on any atom is 0.307 e. The third-order valence-electron chi connectivity index (χ3n) is 3.94. The maximum atomic E-state index is 11.1. The molecule has 112 valence electrons. The third kappa shape index (κ3) is 2.80. The van der Waals surface area contributed by atoms with Gasteiger partial charge in [0.2, 0.25) is 0 Å². The van der Waals surface area contributed by atoms with Crippen LogP contribution in [0.1, 0.15) is 43.8 Å². The predicted molar refractivity (Wildman–Crippen MR) is 84.8 cm³/mol. The summed E-state index contributed by atoms with van der Waals surface area (Å²) in [6.07, 6.45) is 0.659. The first-order valence-corrected chi connectivity index (χ1v) is 8.03. The first-order valence-electron chi connectivity index (χ1n) is 7.22. The van der Waals surface area contributed by atoms with Gasteiger partial charge in [-0.15, -0.1) is 11.3 Å². The molecule has 2 aromatic rings. The first-order chi connectivity index (χ1) is 9.84. The second-order valence-electron chi connectivity index (χ2n) is 6.73. The van der Waals surface area contributed by atoms with Gasteiger partial charge in [-0.2, -0.15) is 0 Å². The molecule has 2 heterocycles. The van der Waals surface area contributed by atoms with Crippen LogP contribution in [0.5, 0.6) is 0 Å². The SMILES string of the molecule is CC(C)(C)c1nc2ccc(C3CC(C(=O)O)CN3)cc2s1. The van der Waals surface area contributed by atoms with Gasteiger partial charge in [-0.1, -0.05) is 26.8 Å². The Bertz CT molecular complexity index is 687. The Labute approximate surface area is 128 Å². The molecule has 2 unspecified atom stereocenters. The summed E-state index contributed by atoms with van der Waals surface area (Å²) >= 11 is 1.73. The molecular formula is C16H20N2O2S. The summed E-state index contributed by atoms with van der Waals surface area (Å²) in [5.41, 5.74) is 2.25. The minimum absolute atomic E-state index is 0.0594. The van der Waals surface area contributed by atoms with Crippen molar-refractivity contribution in [1.29, 1.82) is 0 Å². The predicted octanol–water partition coefficient (Wildman–Crippen LogP) is 3.33. The van der Waals surface area contributed by atoms with Crippen LogP contribution in [-0.4, -0.2) is 22.6 Å². The number of rotatable bonds is 2. The van der Waals surface area contributed by atoms with Gasteiger partial charge in [0, 0.05) is 18.0 Å². The highest BCUT2D eigenvalue weighted by atomic mass is 32.1. The van der Waals surface area contributed by atoms with E-state index in [4.69, 9.17) is 10.1 Å². The number of nitrogens with zero attached hydrogens (tertiary/aromatic N) is 1. The van der Waals surface area contributed by atoms with Crippen LogP contribution in [0.3, 0.4) is 0 Å². The summed E-state index contributed by atoms with van der Waals surface area (Å²) in [6.45, 7) is 7.05. The molecule has 3 rings (SSSR count). The van der Waals surface area contributed by atoms with Crippen LogP contribution in [0.25, 0.3) is 10.2 Å². The van der Waals surface area contributed by atoms with Crippen molar-refractivity contribution in [3.8, 4) is 0 Å². The van der Waals surface area contributed by atoms with E-state index >= 15 is 0 Å². The zero-order valence-corrected chi connectivity index (χ0v) is 13.3. The molecule has 0 bridgehead atoms. The minimum atomic E-state index is -0.709. The van der Waals surface area contributed by atoms with Gasteiger partial charge >= 0.3 is 5.97 Å². The summed E-state index contributed by atoms with van der Waals surface area (Å²) in [4.78, 5) is 15.8. The number of carboxylic acids is 1. The van der Waals surface area contributed by atoms with Crippen LogP contribution in [-0.2, 0) is 10.2 Å². The van der Waals surface area contributed by atoms with Crippen molar-refractivity contribution in [2.75, 3.05) is 6.54 Å². The molecule has 21 heavy (non-hydrogen) atoms. The number of hydrogen-bond donors (Lipinski definition) is 2. The molecule has 1 fully saturated rings. The fourth-order valence-electron chi connectivity index (χ4n) is 2.66. The molecule has 0 saturated carbocycles. The van der Waals surface area contributed by atoms with Gasteiger partial charge in [0.15, 0.2) is 0 Å². The number of benzene rings is 1. The summed E-state index contributed by atoms with van der Waals surface area (Å²) in [5, 5.41) is 13.5. The molecule has 0 spiro atoms. The summed E-state index contributed by atoms with van der Waals surface area (Å²) in [5.74, 6) is -0.990. The molecule has 1 saturated heterocycles. The highest BCUT2D eigenvalue weighted by molar-refractivity contribution is 7.18. The van der Waals surface area contributed by atoms with E-state index in [1.165, 1.54) is 4.70 Å². The quantitative estimate of drug-likeness (QED) is 0.893. The van der Waals surface area contributed by atoms with Crippen molar-refractivity contribution < 1.29 is 9.90 Å². The van der Waals surface area contributed by atoms with E-state index in [1.807, 2.05) is 6.07 Å². The maximum absolute atomic E-state index is 11.1. The van der Waals surface area contributed by atoms with Crippen molar-refractivity contribution in [2.24, 2.45) is 5.92 Å². The lowest BCUT2D eigenvalue weighted by Gasteiger charge is -2.13. The zero-order chi connectivity index (χ0) is 15.2. The van der Waals surface area contributed by atoms with E-state index in [1.54, 1.807) is 11.3 Å². The molecule has 1 aromatic carbocycles. The molecule has 1 aromatic heterocycles. The Kier molecular flexibility index (Phi) is 3.50. The lowest BCUT2D eigenvalue weighted by molar-refractivity contribution is -0.141. The second kappa shape index (κ2) is 5.07. The summed E-state index contributed by atoms with van der Waals surface area (Å²) in [6, 6.07) is 6.41. The first kappa shape index (κ1) is 14.5. The van der Waals surface area contributed by atoms with E-state index in [-0.39, 0.29) is 17.4 Å². The molecule has 1 aliphatic rings. The van der Waals surface area contributed by atoms with Gasteiger partial charge in [-0.3, -0.25) is 4.79 Å². The van der Waals surface area contributed by atoms with Crippen molar-refractivity contribution in [3.05, 3.63) is 28.8 Å². The van der Waals surface area contributed by atoms with Gasteiger partial charge in [-0.25, -0.2) is 4.98 Å². The van der Waals surface area contributed by atoms with Gasteiger partial charge in [0.25, 0.3) is 0 Å². The van der Waals surface area contributed by atoms with Crippen molar-refractivity contribution in [2.45, 2.75) is 38.6 Å². The van der Waals surface area contributed by atoms with E-state index in [2.05, 4.69) is 38.2 Å². The normalized spacial score (nSPS) is 22.8. The van der Waals surface area contributed by atoms with E-state index < -0.39 is 5.97 Å².